The summed E-state index contributed by atoms with van der Waals surface area (Å²) in [6.07, 6.45) is 5.19. The number of rotatable bonds is 6. The van der Waals surface area contributed by atoms with Crippen molar-refractivity contribution in [3.05, 3.63) is 28.8 Å². The fraction of sp³-hybridized carbons (Fsp3) is 0.667. The first-order valence-electron chi connectivity index (χ1n) is 8.20. The van der Waals surface area contributed by atoms with Crippen molar-refractivity contribution in [3.8, 4) is 5.75 Å². The third-order valence-electron chi connectivity index (χ3n) is 4.37. The fourth-order valence-corrected chi connectivity index (χ4v) is 3.20. The van der Waals surface area contributed by atoms with Gasteiger partial charge in [-0.25, -0.2) is 0 Å². The lowest BCUT2D eigenvalue weighted by atomic mass is 9.85. The average Bonchev–Trinajstić information content (AvgIpc) is 2.45. The van der Waals surface area contributed by atoms with E-state index in [1.54, 1.807) is 0 Å². The Morgan fingerprint density at radius 3 is 2.33 bits per heavy atom. The quantitative estimate of drug-likeness (QED) is 0.843. The minimum atomic E-state index is -0.625. The highest BCUT2D eigenvalue weighted by atomic mass is 16.5. The van der Waals surface area contributed by atoms with Crippen LogP contribution in [0.15, 0.2) is 12.1 Å². The van der Waals surface area contributed by atoms with Crippen LogP contribution >= 0.6 is 0 Å². The molecule has 0 unspecified atom stereocenters. The van der Waals surface area contributed by atoms with Gasteiger partial charge in [-0.2, -0.15) is 0 Å². The highest BCUT2D eigenvalue weighted by molar-refractivity contribution is 5.43. The zero-order chi connectivity index (χ0) is 15.3. The van der Waals surface area contributed by atoms with Gasteiger partial charge in [-0.05, 0) is 49.9 Å². The molecule has 3 nitrogen and oxygen atoms in total. The van der Waals surface area contributed by atoms with Crippen LogP contribution in [0.4, 0.5) is 0 Å². The standard InChI is InChI=1S/C18H29NO2/c1-4-19-12-16-10-14(2)17(15(3)11-16)21-13-18(20)8-6-5-7-9-18/h10-11,19-20H,4-9,12-13H2,1-3H3. The summed E-state index contributed by atoms with van der Waals surface area (Å²) >= 11 is 0. The first-order chi connectivity index (χ1) is 10.0. The summed E-state index contributed by atoms with van der Waals surface area (Å²) in [5.74, 6) is 0.939. The van der Waals surface area contributed by atoms with Crippen molar-refractivity contribution < 1.29 is 9.84 Å². The van der Waals surface area contributed by atoms with Crippen LogP contribution in [0.1, 0.15) is 55.7 Å². The molecular formula is C18H29NO2. The summed E-state index contributed by atoms with van der Waals surface area (Å²) in [5.41, 5.74) is 2.97. The van der Waals surface area contributed by atoms with Gasteiger partial charge in [0.1, 0.15) is 12.4 Å². The van der Waals surface area contributed by atoms with Crippen molar-refractivity contribution in [1.82, 2.24) is 5.32 Å². The van der Waals surface area contributed by atoms with Gasteiger partial charge >= 0.3 is 0 Å². The lowest BCUT2D eigenvalue weighted by Gasteiger charge is -2.32. The van der Waals surface area contributed by atoms with Gasteiger partial charge < -0.3 is 15.2 Å². The van der Waals surface area contributed by atoms with E-state index in [0.29, 0.717) is 6.61 Å². The van der Waals surface area contributed by atoms with Gasteiger partial charge in [-0.3, -0.25) is 0 Å². The van der Waals surface area contributed by atoms with Crippen LogP contribution in [0.25, 0.3) is 0 Å². The van der Waals surface area contributed by atoms with Gasteiger partial charge in [0.05, 0.1) is 5.60 Å². The van der Waals surface area contributed by atoms with Crippen LogP contribution in [0.5, 0.6) is 5.75 Å². The lowest BCUT2D eigenvalue weighted by molar-refractivity contribution is -0.0341. The van der Waals surface area contributed by atoms with Gasteiger partial charge in [0.25, 0.3) is 0 Å². The molecule has 1 aliphatic rings. The molecule has 2 rings (SSSR count). The molecule has 1 aromatic rings. The molecule has 0 bridgehead atoms. The molecule has 0 aliphatic heterocycles. The van der Waals surface area contributed by atoms with Gasteiger partial charge in [0.2, 0.25) is 0 Å². The predicted molar refractivity (Wildman–Crippen MR) is 86.8 cm³/mol. The van der Waals surface area contributed by atoms with Gasteiger partial charge in [-0.15, -0.1) is 0 Å². The number of ether oxygens (including phenoxy) is 1. The van der Waals surface area contributed by atoms with E-state index in [1.165, 1.54) is 12.0 Å². The van der Waals surface area contributed by atoms with Crippen molar-refractivity contribution in [3.63, 3.8) is 0 Å². The summed E-state index contributed by atoms with van der Waals surface area (Å²) in [4.78, 5) is 0. The topological polar surface area (TPSA) is 41.5 Å². The Bertz CT molecular complexity index is 441. The Morgan fingerprint density at radius 2 is 1.76 bits per heavy atom. The third-order valence-corrected chi connectivity index (χ3v) is 4.37. The highest BCUT2D eigenvalue weighted by Gasteiger charge is 2.30. The number of benzene rings is 1. The van der Waals surface area contributed by atoms with E-state index in [0.717, 1.165) is 55.6 Å². The molecule has 1 fully saturated rings. The molecule has 3 heteroatoms. The molecule has 0 radical (unpaired) electrons. The van der Waals surface area contributed by atoms with E-state index in [2.05, 4.69) is 38.2 Å². The Kier molecular flexibility index (Phi) is 5.65. The second-order valence-corrected chi connectivity index (χ2v) is 6.41. The van der Waals surface area contributed by atoms with Crippen molar-refractivity contribution in [2.24, 2.45) is 0 Å². The zero-order valence-electron chi connectivity index (χ0n) is 13.7. The van der Waals surface area contributed by atoms with E-state index in [1.807, 2.05) is 0 Å². The summed E-state index contributed by atoms with van der Waals surface area (Å²) in [5, 5.41) is 13.9. The summed E-state index contributed by atoms with van der Waals surface area (Å²) in [7, 11) is 0. The second kappa shape index (κ2) is 7.28. The second-order valence-electron chi connectivity index (χ2n) is 6.41. The van der Waals surface area contributed by atoms with E-state index < -0.39 is 5.60 Å². The maximum Gasteiger partial charge on any atom is 0.125 e. The summed E-state index contributed by atoms with van der Waals surface area (Å²) in [6.45, 7) is 8.57. The molecule has 0 spiro atoms. The summed E-state index contributed by atoms with van der Waals surface area (Å²) in [6, 6.07) is 4.35. The smallest absolute Gasteiger partial charge is 0.125 e. The largest absolute Gasteiger partial charge is 0.490 e. The van der Waals surface area contributed by atoms with Crippen molar-refractivity contribution >= 4 is 0 Å². The Morgan fingerprint density at radius 1 is 1.14 bits per heavy atom. The molecule has 2 N–H and O–H groups in total. The molecule has 0 atom stereocenters. The average molecular weight is 291 g/mol. The molecule has 0 aromatic heterocycles. The van der Waals surface area contributed by atoms with Crippen LogP contribution in [0, 0.1) is 13.8 Å². The maximum atomic E-state index is 10.6. The van der Waals surface area contributed by atoms with E-state index in [-0.39, 0.29) is 0 Å². The number of hydrogen-bond acceptors (Lipinski definition) is 3. The number of hydrogen-bond donors (Lipinski definition) is 2. The van der Waals surface area contributed by atoms with E-state index in [9.17, 15) is 5.11 Å². The normalized spacial score (nSPS) is 17.7. The van der Waals surface area contributed by atoms with Gasteiger partial charge in [-0.1, -0.05) is 38.3 Å². The number of nitrogens with one attached hydrogen (secondary N) is 1. The zero-order valence-corrected chi connectivity index (χ0v) is 13.7. The fourth-order valence-electron chi connectivity index (χ4n) is 3.20. The van der Waals surface area contributed by atoms with Crippen molar-refractivity contribution in [2.75, 3.05) is 13.2 Å². The Balaban J connectivity index is 2.02. The third kappa shape index (κ3) is 4.45. The molecule has 0 heterocycles. The van der Waals surface area contributed by atoms with Crippen LogP contribution in [-0.4, -0.2) is 23.9 Å². The highest BCUT2D eigenvalue weighted by Crippen LogP contribution is 2.31. The van der Waals surface area contributed by atoms with E-state index in [4.69, 9.17) is 4.74 Å². The van der Waals surface area contributed by atoms with Crippen molar-refractivity contribution in [2.45, 2.75) is 65.0 Å². The van der Waals surface area contributed by atoms with Crippen LogP contribution in [0.3, 0.4) is 0 Å². The molecule has 0 amide bonds. The molecule has 1 aliphatic carbocycles. The minimum Gasteiger partial charge on any atom is -0.490 e. The Hall–Kier alpha value is -1.06. The molecule has 0 saturated heterocycles. The first kappa shape index (κ1) is 16.3. The number of aliphatic hydroxyl groups is 1. The SMILES string of the molecule is CCNCc1cc(C)c(OCC2(O)CCCCC2)c(C)c1. The lowest BCUT2D eigenvalue weighted by Crippen LogP contribution is -2.38. The molecule has 118 valence electrons. The monoisotopic (exact) mass is 291 g/mol. The van der Waals surface area contributed by atoms with Gasteiger partial charge in [0, 0.05) is 6.54 Å². The molecular weight excluding hydrogens is 262 g/mol. The Labute approximate surface area is 128 Å². The predicted octanol–water partition coefficient (Wildman–Crippen LogP) is 3.49. The maximum absolute atomic E-state index is 10.6. The molecule has 1 aromatic carbocycles. The minimum absolute atomic E-state index is 0.418. The van der Waals surface area contributed by atoms with Crippen LogP contribution in [-0.2, 0) is 6.54 Å². The molecule has 1 saturated carbocycles. The summed E-state index contributed by atoms with van der Waals surface area (Å²) < 4.78 is 6.00. The van der Waals surface area contributed by atoms with Crippen molar-refractivity contribution in [1.29, 1.82) is 0 Å². The molecule has 21 heavy (non-hydrogen) atoms. The van der Waals surface area contributed by atoms with Gasteiger partial charge in [0.15, 0.2) is 0 Å². The number of aryl methyl sites for hydroxylation is 2. The van der Waals surface area contributed by atoms with E-state index >= 15 is 0 Å². The van der Waals surface area contributed by atoms with Crippen LogP contribution < -0.4 is 10.1 Å². The van der Waals surface area contributed by atoms with Crippen LogP contribution in [0.2, 0.25) is 0 Å². The first-order valence-corrected chi connectivity index (χ1v) is 8.20.